The third-order valence-corrected chi connectivity index (χ3v) is 3.37. The first kappa shape index (κ1) is 15.5. The highest BCUT2D eigenvalue weighted by Gasteiger charge is 2.11. The van der Waals surface area contributed by atoms with E-state index in [1.54, 1.807) is 24.3 Å². The second kappa shape index (κ2) is 6.73. The van der Waals surface area contributed by atoms with E-state index in [9.17, 15) is 9.59 Å². The molecule has 8 heteroatoms. The Morgan fingerprint density at radius 3 is 2.67 bits per heavy atom. The Kier molecular flexibility index (Phi) is 4.98. The normalized spacial score (nSPS) is 10.2. The minimum atomic E-state index is -0.499. The van der Waals surface area contributed by atoms with Crippen molar-refractivity contribution >= 4 is 33.5 Å². The van der Waals surface area contributed by atoms with Gasteiger partial charge in [-0.3, -0.25) is 9.59 Å². The Hall–Kier alpha value is -1.86. The van der Waals surface area contributed by atoms with E-state index in [0.717, 1.165) is 4.68 Å². The molecule has 2 rings (SSSR count). The molecule has 6 nitrogen and oxygen atoms in total. The number of aromatic nitrogens is 2. The predicted octanol–water partition coefficient (Wildman–Crippen LogP) is 2.97. The highest BCUT2D eigenvalue weighted by molar-refractivity contribution is 9.10. The van der Waals surface area contributed by atoms with Crippen LogP contribution in [0.2, 0.25) is 5.02 Å². The van der Waals surface area contributed by atoms with Gasteiger partial charge >= 0.3 is 5.97 Å². The molecule has 0 fully saturated rings. The molecule has 21 heavy (non-hydrogen) atoms. The van der Waals surface area contributed by atoms with Crippen molar-refractivity contribution in [2.45, 2.75) is 13.7 Å². The summed E-state index contributed by atoms with van der Waals surface area (Å²) in [6.07, 6.45) is 1.35. The molecule has 0 amide bonds. The summed E-state index contributed by atoms with van der Waals surface area (Å²) in [6.45, 7) is 0.992. The van der Waals surface area contributed by atoms with Crippen molar-refractivity contribution < 1.29 is 14.3 Å². The van der Waals surface area contributed by atoms with Gasteiger partial charge in [0.05, 0.1) is 6.20 Å². The lowest BCUT2D eigenvalue weighted by Gasteiger charge is -2.09. The van der Waals surface area contributed by atoms with E-state index in [0.29, 0.717) is 10.8 Å². The number of esters is 1. The molecule has 0 radical (unpaired) electrons. The second-order valence-electron chi connectivity index (χ2n) is 3.95. The molecule has 0 saturated heterocycles. The van der Waals surface area contributed by atoms with Gasteiger partial charge in [0.1, 0.15) is 10.2 Å². The maximum atomic E-state index is 12.0. The van der Waals surface area contributed by atoms with Gasteiger partial charge in [0.25, 0.3) is 5.56 Å². The summed E-state index contributed by atoms with van der Waals surface area (Å²) in [5.41, 5.74) is -0.470. The van der Waals surface area contributed by atoms with Crippen LogP contribution in [0.25, 0.3) is 0 Å². The lowest BCUT2D eigenvalue weighted by molar-refractivity contribution is -0.145. The van der Waals surface area contributed by atoms with Gasteiger partial charge in [0.2, 0.25) is 0 Å². The van der Waals surface area contributed by atoms with Crippen molar-refractivity contribution in [3.8, 4) is 11.5 Å². The van der Waals surface area contributed by atoms with Crippen LogP contribution in [0.4, 0.5) is 0 Å². The highest BCUT2D eigenvalue weighted by atomic mass is 79.9. The smallest absolute Gasteiger partial charge is 0.304 e. The van der Waals surface area contributed by atoms with Crippen LogP contribution in [-0.4, -0.2) is 15.7 Å². The van der Waals surface area contributed by atoms with E-state index < -0.39 is 11.5 Å². The summed E-state index contributed by atoms with van der Waals surface area (Å²) in [4.78, 5) is 22.7. The first-order chi connectivity index (χ1) is 9.97. The van der Waals surface area contributed by atoms with Crippen LogP contribution in [0.1, 0.15) is 6.92 Å². The summed E-state index contributed by atoms with van der Waals surface area (Å²) in [5, 5.41) is 4.45. The van der Waals surface area contributed by atoms with E-state index >= 15 is 0 Å². The molecule has 0 spiro atoms. The van der Waals surface area contributed by atoms with E-state index in [1.807, 2.05) is 0 Å². The molecule has 1 aromatic heterocycles. The summed E-state index contributed by atoms with van der Waals surface area (Å²) in [7, 11) is 0. The SMILES string of the molecule is CC(=O)OCn1ncc(Oc2ccc(Cl)cc2)c(Br)c1=O. The lowest BCUT2D eigenvalue weighted by Crippen LogP contribution is -2.25. The maximum absolute atomic E-state index is 12.0. The zero-order chi connectivity index (χ0) is 15.4. The van der Waals surface area contributed by atoms with E-state index in [1.165, 1.54) is 13.1 Å². The van der Waals surface area contributed by atoms with Crippen LogP contribution in [0.3, 0.4) is 0 Å². The first-order valence-corrected chi connectivity index (χ1v) is 6.97. The van der Waals surface area contributed by atoms with Crippen LogP contribution >= 0.6 is 27.5 Å². The summed E-state index contributed by atoms with van der Waals surface area (Å²) in [6, 6.07) is 6.67. The van der Waals surface area contributed by atoms with Crippen LogP contribution < -0.4 is 10.3 Å². The van der Waals surface area contributed by atoms with Gasteiger partial charge in [-0.1, -0.05) is 11.6 Å². The quantitative estimate of drug-likeness (QED) is 0.771. The van der Waals surface area contributed by atoms with E-state index in [2.05, 4.69) is 21.0 Å². The molecule has 0 atom stereocenters. The number of hydrogen-bond acceptors (Lipinski definition) is 5. The molecular weight excluding hydrogens is 364 g/mol. The van der Waals surface area contributed by atoms with Gasteiger partial charge in [-0.15, -0.1) is 0 Å². The Bertz CT molecular complexity index is 715. The predicted molar refractivity (Wildman–Crippen MR) is 79.5 cm³/mol. The molecule has 1 heterocycles. The van der Waals surface area contributed by atoms with Gasteiger partial charge in [0, 0.05) is 11.9 Å². The minimum Gasteiger partial charge on any atom is -0.454 e. The zero-order valence-corrected chi connectivity index (χ0v) is 13.2. The Balaban J connectivity index is 2.22. The molecule has 0 aliphatic heterocycles. The molecule has 0 bridgehead atoms. The Morgan fingerprint density at radius 2 is 2.05 bits per heavy atom. The number of hydrogen-bond donors (Lipinski definition) is 0. The molecule has 0 aliphatic rings. The number of benzene rings is 1. The molecule has 0 aliphatic carbocycles. The number of halogens is 2. The van der Waals surface area contributed by atoms with Crippen molar-refractivity contribution in [1.29, 1.82) is 0 Å². The van der Waals surface area contributed by atoms with E-state index in [-0.39, 0.29) is 17.0 Å². The molecule has 1 aromatic carbocycles. The Labute approximate surface area is 133 Å². The average Bonchev–Trinajstić information content (AvgIpc) is 2.45. The number of nitrogens with zero attached hydrogens (tertiary/aromatic N) is 2. The first-order valence-electron chi connectivity index (χ1n) is 5.80. The molecule has 0 N–H and O–H groups in total. The topological polar surface area (TPSA) is 70.4 Å². The van der Waals surface area contributed by atoms with Gasteiger partial charge in [-0.05, 0) is 40.2 Å². The maximum Gasteiger partial charge on any atom is 0.304 e. The highest BCUT2D eigenvalue weighted by Crippen LogP contribution is 2.26. The number of rotatable bonds is 4. The molecule has 0 saturated carbocycles. The Morgan fingerprint density at radius 1 is 1.38 bits per heavy atom. The largest absolute Gasteiger partial charge is 0.454 e. The van der Waals surface area contributed by atoms with Gasteiger partial charge in [-0.25, -0.2) is 0 Å². The van der Waals surface area contributed by atoms with Crippen LogP contribution in [0.15, 0.2) is 39.7 Å². The third-order valence-electron chi connectivity index (χ3n) is 2.38. The number of carbonyl (C=O) groups is 1. The fourth-order valence-electron chi connectivity index (χ4n) is 1.39. The second-order valence-corrected chi connectivity index (χ2v) is 5.18. The van der Waals surface area contributed by atoms with Crippen LogP contribution in [-0.2, 0) is 16.3 Å². The van der Waals surface area contributed by atoms with Crippen molar-refractivity contribution in [2.75, 3.05) is 0 Å². The fraction of sp³-hybridized carbons (Fsp3) is 0.154. The van der Waals surface area contributed by atoms with Crippen molar-refractivity contribution in [2.24, 2.45) is 0 Å². The summed E-state index contributed by atoms with van der Waals surface area (Å²) in [5.74, 6) is 0.266. The average molecular weight is 374 g/mol. The van der Waals surface area contributed by atoms with Gasteiger partial charge in [0.15, 0.2) is 12.5 Å². The molecule has 0 unspecified atom stereocenters. The fourth-order valence-corrected chi connectivity index (χ4v) is 1.91. The number of carbonyl (C=O) groups excluding carboxylic acids is 1. The zero-order valence-electron chi connectivity index (χ0n) is 10.9. The minimum absolute atomic E-state index is 0.180. The molecular formula is C13H10BrClN2O4. The van der Waals surface area contributed by atoms with Crippen molar-refractivity contribution in [3.63, 3.8) is 0 Å². The summed E-state index contributed by atoms with van der Waals surface area (Å²) >= 11 is 8.93. The van der Waals surface area contributed by atoms with E-state index in [4.69, 9.17) is 21.1 Å². The van der Waals surface area contributed by atoms with Gasteiger partial charge < -0.3 is 9.47 Å². The molecule has 110 valence electrons. The lowest BCUT2D eigenvalue weighted by atomic mass is 10.3. The van der Waals surface area contributed by atoms with Crippen LogP contribution in [0.5, 0.6) is 11.5 Å². The van der Waals surface area contributed by atoms with Gasteiger partial charge in [-0.2, -0.15) is 9.78 Å². The summed E-state index contributed by atoms with van der Waals surface area (Å²) < 4.78 is 11.4. The van der Waals surface area contributed by atoms with Crippen LogP contribution in [0, 0.1) is 0 Å². The monoisotopic (exact) mass is 372 g/mol. The standard InChI is InChI=1S/C13H10BrClN2O4/c1-8(18)20-7-17-13(19)12(14)11(6-16-17)21-10-4-2-9(15)3-5-10/h2-6H,7H2,1H3. The van der Waals surface area contributed by atoms with Crippen molar-refractivity contribution in [3.05, 3.63) is 50.3 Å². The third kappa shape index (κ3) is 4.05. The number of ether oxygens (including phenoxy) is 2. The van der Waals surface area contributed by atoms with Crippen molar-refractivity contribution in [1.82, 2.24) is 9.78 Å². The molecule has 2 aromatic rings.